The molecule has 1 aromatic rings. The van der Waals surface area contributed by atoms with E-state index in [-0.39, 0.29) is 24.0 Å². The molecular weight excluding hydrogens is 471 g/mol. The number of aromatic nitrogens is 1. The Morgan fingerprint density at radius 3 is 2.75 bits per heavy atom. The van der Waals surface area contributed by atoms with Crippen molar-refractivity contribution in [1.29, 1.82) is 0 Å². The molecule has 0 radical (unpaired) electrons. The van der Waals surface area contributed by atoms with E-state index in [1.165, 1.54) is 0 Å². The number of pyridine rings is 1. The molecule has 0 atom stereocenters. The molecule has 1 saturated heterocycles. The normalized spacial score (nSPS) is 15.2. The van der Waals surface area contributed by atoms with Crippen molar-refractivity contribution in [2.45, 2.75) is 45.8 Å². The molecule has 1 N–H and O–H groups in total. The summed E-state index contributed by atoms with van der Waals surface area (Å²) in [5.74, 6) is 1.62. The molecular formula is C20H35IN4O3. The zero-order valence-corrected chi connectivity index (χ0v) is 19.7. The van der Waals surface area contributed by atoms with Crippen molar-refractivity contribution in [3.63, 3.8) is 0 Å². The van der Waals surface area contributed by atoms with Gasteiger partial charge in [0.1, 0.15) is 0 Å². The Balaban J connectivity index is 0.00000392. The predicted molar refractivity (Wildman–Crippen MR) is 123 cm³/mol. The molecule has 0 bridgehead atoms. The van der Waals surface area contributed by atoms with Gasteiger partial charge in [-0.1, -0.05) is 6.07 Å². The van der Waals surface area contributed by atoms with Crippen LogP contribution in [0.15, 0.2) is 23.3 Å². The molecule has 1 aliphatic rings. The second-order valence-corrected chi connectivity index (χ2v) is 6.47. The smallest absolute Gasteiger partial charge is 0.218 e. The Labute approximate surface area is 186 Å². The van der Waals surface area contributed by atoms with Gasteiger partial charge in [0, 0.05) is 51.7 Å². The minimum absolute atomic E-state index is 0. The van der Waals surface area contributed by atoms with Gasteiger partial charge in [-0.2, -0.15) is 0 Å². The summed E-state index contributed by atoms with van der Waals surface area (Å²) in [4.78, 5) is 11.4. The fraction of sp³-hybridized carbons (Fsp3) is 0.700. The molecule has 2 heterocycles. The summed E-state index contributed by atoms with van der Waals surface area (Å²) in [5.41, 5.74) is 1.01. The van der Waals surface area contributed by atoms with Gasteiger partial charge < -0.3 is 24.4 Å². The quantitative estimate of drug-likeness (QED) is 0.228. The van der Waals surface area contributed by atoms with Gasteiger partial charge in [0.05, 0.1) is 19.3 Å². The van der Waals surface area contributed by atoms with E-state index >= 15 is 0 Å². The van der Waals surface area contributed by atoms with Crippen molar-refractivity contribution in [3.8, 4) is 5.88 Å². The van der Waals surface area contributed by atoms with Crippen molar-refractivity contribution < 1.29 is 14.2 Å². The lowest BCUT2D eigenvalue weighted by Gasteiger charge is -2.34. The van der Waals surface area contributed by atoms with Crippen LogP contribution in [-0.2, 0) is 16.0 Å². The van der Waals surface area contributed by atoms with Crippen LogP contribution in [0.4, 0.5) is 0 Å². The Kier molecular flexibility index (Phi) is 13.2. The molecule has 1 fully saturated rings. The molecule has 28 heavy (non-hydrogen) atoms. The second-order valence-electron chi connectivity index (χ2n) is 6.47. The van der Waals surface area contributed by atoms with E-state index in [2.05, 4.69) is 22.1 Å². The summed E-state index contributed by atoms with van der Waals surface area (Å²) in [7, 11) is 1.73. The van der Waals surface area contributed by atoms with Crippen LogP contribution in [0.3, 0.4) is 0 Å². The standard InChI is InChI=1S/C20H34N4O3.HI/c1-4-21-20(23-16-17-8-6-11-22-19(17)26-5-2)24-12-9-18(10-13-24)27-15-7-14-25-3;/h6,8,11,18H,4-5,7,9-10,12-16H2,1-3H3,(H,21,23);1H. The number of halogens is 1. The summed E-state index contributed by atoms with van der Waals surface area (Å²) < 4.78 is 16.6. The molecule has 0 aliphatic carbocycles. The number of guanidine groups is 1. The maximum atomic E-state index is 5.95. The first-order chi connectivity index (χ1) is 13.3. The lowest BCUT2D eigenvalue weighted by atomic mass is 10.1. The molecule has 1 aliphatic heterocycles. The number of likely N-dealkylation sites (tertiary alicyclic amines) is 1. The summed E-state index contributed by atoms with van der Waals surface area (Å²) in [5, 5.41) is 3.41. The predicted octanol–water partition coefficient (Wildman–Crippen LogP) is 3.08. The van der Waals surface area contributed by atoms with Crippen LogP contribution in [-0.4, -0.2) is 68.5 Å². The van der Waals surface area contributed by atoms with Gasteiger partial charge in [-0.25, -0.2) is 9.98 Å². The maximum absolute atomic E-state index is 5.95. The average Bonchev–Trinajstić information content (AvgIpc) is 2.70. The van der Waals surface area contributed by atoms with E-state index in [4.69, 9.17) is 19.2 Å². The van der Waals surface area contributed by atoms with E-state index < -0.39 is 0 Å². The molecule has 160 valence electrons. The van der Waals surface area contributed by atoms with Crippen LogP contribution in [0.2, 0.25) is 0 Å². The summed E-state index contributed by atoms with van der Waals surface area (Å²) in [6.07, 6.45) is 5.08. The number of nitrogens with one attached hydrogen (secondary N) is 1. The first kappa shape index (κ1) is 24.9. The molecule has 0 unspecified atom stereocenters. The van der Waals surface area contributed by atoms with Gasteiger partial charge in [-0.3, -0.25) is 0 Å². The van der Waals surface area contributed by atoms with Gasteiger partial charge in [-0.15, -0.1) is 24.0 Å². The molecule has 2 rings (SSSR count). The highest BCUT2D eigenvalue weighted by Crippen LogP contribution is 2.17. The minimum atomic E-state index is 0. The molecule has 0 saturated carbocycles. The second kappa shape index (κ2) is 14.8. The molecule has 0 amide bonds. The number of piperidine rings is 1. The van der Waals surface area contributed by atoms with Crippen molar-refractivity contribution in [2.24, 2.45) is 4.99 Å². The van der Waals surface area contributed by atoms with Gasteiger partial charge >= 0.3 is 0 Å². The summed E-state index contributed by atoms with van der Waals surface area (Å²) in [6, 6.07) is 3.94. The minimum Gasteiger partial charge on any atom is -0.478 e. The number of aliphatic imine (C=N–C) groups is 1. The first-order valence-corrected chi connectivity index (χ1v) is 9.98. The maximum Gasteiger partial charge on any atom is 0.218 e. The number of hydrogen-bond donors (Lipinski definition) is 1. The van der Waals surface area contributed by atoms with Gasteiger partial charge in [-0.05, 0) is 39.2 Å². The van der Waals surface area contributed by atoms with Crippen LogP contribution < -0.4 is 10.1 Å². The number of rotatable bonds is 10. The number of hydrogen-bond acceptors (Lipinski definition) is 5. The van der Waals surface area contributed by atoms with Crippen LogP contribution in [0.5, 0.6) is 5.88 Å². The Morgan fingerprint density at radius 1 is 1.29 bits per heavy atom. The van der Waals surface area contributed by atoms with E-state index in [0.29, 0.717) is 25.1 Å². The van der Waals surface area contributed by atoms with Crippen LogP contribution in [0.25, 0.3) is 0 Å². The highest BCUT2D eigenvalue weighted by atomic mass is 127. The zero-order valence-electron chi connectivity index (χ0n) is 17.4. The van der Waals surface area contributed by atoms with E-state index in [0.717, 1.165) is 63.6 Å². The highest BCUT2D eigenvalue weighted by molar-refractivity contribution is 14.0. The van der Waals surface area contributed by atoms with Crippen LogP contribution >= 0.6 is 24.0 Å². The van der Waals surface area contributed by atoms with Gasteiger partial charge in [0.25, 0.3) is 0 Å². The monoisotopic (exact) mass is 506 g/mol. The third-order valence-corrected chi connectivity index (χ3v) is 4.45. The van der Waals surface area contributed by atoms with Gasteiger partial charge in [0.15, 0.2) is 5.96 Å². The topological polar surface area (TPSA) is 68.2 Å². The molecule has 1 aromatic heterocycles. The highest BCUT2D eigenvalue weighted by Gasteiger charge is 2.22. The molecule has 8 heteroatoms. The number of methoxy groups -OCH3 is 1. The third kappa shape index (κ3) is 8.48. The van der Waals surface area contributed by atoms with Crippen molar-refractivity contribution in [2.75, 3.05) is 46.6 Å². The fourth-order valence-electron chi connectivity index (χ4n) is 3.08. The van der Waals surface area contributed by atoms with Crippen LogP contribution in [0, 0.1) is 0 Å². The average molecular weight is 506 g/mol. The lowest BCUT2D eigenvalue weighted by Crippen LogP contribution is -2.47. The number of nitrogens with zero attached hydrogens (tertiary/aromatic N) is 3. The molecule has 7 nitrogen and oxygen atoms in total. The number of ether oxygens (including phenoxy) is 3. The SMILES string of the molecule is CCNC(=NCc1cccnc1OCC)N1CCC(OCCCOC)CC1.I. The fourth-order valence-corrected chi connectivity index (χ4v) is 3.08. The lowest BCUT2D eigenvalue weighted by molar-refractivity contribution is 0.00990. The summed E-state index contributed by atoms with van der Waals surface area (Å²) >= 11 is 0. The Bertz CT molecular complexity index is 566. The largest absolute Gasteiger partial charge is 0.478 e. The Morgan fingerprint density at radius 2 is 2.07 bits per heavy atom. The zero-order chi connectivity index (χ0) is 19.3. The van der Waals surface area contributed by atoms with Crippen molar-refractivity contribution in [1.82, 2.24) is 15.2 Å². The van der Waals surface area contributed by atoms with Crippen molar-refractivity contribution in [3.05, 3.63) is 23.9 Å². The van der Waals surface area contributed by atoms with E-state index in [1.807, 2.05) is 19.1 Å². The van der Waals surface area contributed by atoms with E-state index in [9.17, 15) is 0 Å². The van der Waals surface area contributed by atoms with Crippen LogP contribution in [0.1, 0.15) is 38.7 Å². The first-order valence-electron chi connectivity index (χ1n) is 9.98. The molecule has 0 spiro atoms. The molecule has 0 aromatic carbocycles. The Hall–Kier alpha value is -1.13. The van der Waals surface area contributed by atoms with Crippen molar-refractivity contribution >= 4 is 29.9 Å². The third-order valence-electron chi connectivity index (χ3n) is 4.45. The van der Waals surface area contributed by atoms with E-state index in [1.54, 1.807) is 13.3 Å². The van der Waals surface area contributed by atoms with Gasteiger partial charge in [0.2, 0.25) is 5.88 Å². The summed E-state index contributed by atoms with van der Waals surface area (Å²) in [6.45, 7) is 9.49.